The summed E-state index contributed by atoms with van der Waals surface area (Å²) in [6.07, 6.45) is 0.300. The van der Waals surface area contributed by atoms with E-state index >= 15 is 0 Å². The summed E-state index contributed by atoms with van der Waals surface area (Å²) >= 11 is 0. The third-order valence-electron chi connectivity index (χ3n) is 2.56. The van der Waals surface area contributed by atoms with Gasteiger partial charge in [0.2, 0.25) is 5.91 Å². The zero-order chi connectivity index (χ0) is 10.8. The van der Waals surface area contributed by atoms with Gasteiger partial charge in [-0.25, -0.2) is 0 Å². The Morgan fingerprint density at radius 2 is 1.87 bits per heavy atom. The molecule has 0 aliphatic carbocycles. The molecule has 1 unspecified atom stereocenters. The van der Waals surface area contributed by atoms with Crippen LogP contribution in [0.3, 0.4) is 0 Å². The second-order valence-corrected chi connectivity index (χ2v) is 3.57. The van der Waals surface area contributed by atoms with E-state index in [1.807, 2.05) is 30.3 Å². The lowest BCUT2D eigenvalue weighted by Crippen LogP contribution is -2.39. The van der Waals surface area contributed by atoms with Crippen molar-refractivity contribution in [1.29, 1.82) is 0 Å². The maximum absolute atomic E-state index is 11.4. The fourth-order valence-corrected chi connectivity index (χ4v) is 1.73. The standard InChI is InChI=1S/C12H11NO2/c1-8-10(7-11(14)13-12(8)15)9-5-3-2-4-6-9/h2-6,10H,1,7H2,(H,13,14,15). The van der Waals surface area contributed by atoms with Crippen LogP contribution in [0.15, 0.2) is 42.5 Å². The molecule has 1 fully saturated rings. The van der Waals surface area contributed by atoms with E-state index in [2.05, 4.69) is 11.9 Å². The van der Waals surface area contributed by atoms with Crippen LogP contribution in [0.2, 0.25) is 0 Å². The largest absolute Gasteiger partial charge is 0.293 e. The zero-order valence-corrected chi connectivity index (χ0v) is 8.19. The lowest BCUT2D eigenvalue weighted by Gasteiger charge is -2.23. The topological polar surface area (TPSA) is 46.2 Å². The van der Waals surface area contributed by atoms with Gasteiger partial charge in [-0.05, 0) is 5.56 Å². The fraction of sp³-hybridized carbons (Fsp3) is 0.167. The molecule has 76 valence electrons. The first kappa shape index (κ1) is 9.65. The molecule has 1 atom stereocenters. The van der Waals surface area contributed by atoms with Gasteiger partial charge in [0.05, 0.1) is 0 Å². The Morgan fingerprint density at radius 3 is 2.53 bits per heavy atom. The normalized spacial score (nSPS) is 21.3. The zero-order valence-electron chi connectivity index (χ0n) is 8.19. The highest BCUT2D eigenvalue weighted by molar-refractivity contribution is 6.08. The van der Waals surface area contributed by atoms with E-state index in [0.29, 0.717) is 12.0 Å². The van der Waals surface area contributed by atoms with Crippen LogP contribution >= 0.6 is 0 Å². The minimum absolute atomic E-state index is 0.174. The van der Waals surface area contributed by atoms with Crippen LogP contribution in [0.1, 0.15) is 17.9 Å². The second kappa shape index (κ2) is 3.69. The maximum Gasteiger partial charge on any atom is 0.253 e. The molecule has 1 aromatic carbocycles. The Morgan fingerprint density at radius 1 is 1.20 bits per heavy atom. The summed E-state index contributed by atoms with van der Waals surface area (Å²) < 4.78 is 0. The first-order chi connectivity index (χ1) is 7.18. The van der Waals surface area contributed by atoms with Gasteiger partial charge in [0.1, 0.15) is 0 Å². The minimum atomic E-state index is -0.361. The molecule has 1 N–H and O–H groups in total. The van der Waals surface area contributed by atoms with E-state index < -0.39 is 0 Å². The number of rotatable bonds is 1. The predicted octanol–water partition coefficient (Wildman–Crippen LogP) is 1.37. The van der Waals surface area contributed by atoms with Crippen molar-refractivity contribution in [2.75, 3.05) is 0 Å². The van der Waals surface area contributed by atoms with E-state index in [0.717, 1.165) is 5.56 Å². The monoisotopic (exact) mass is 201 g/mol. The molecule has 1 aromatic rings. The molecule has 3 nitrogen and oxygen atoms in total. The van der Waals surface area contributed by atoms with Gasteiger partial charge in [0.15, 0.2) is 0 Å². The molecule has 1 aliphatic heterocycles. The molecule has 1 aliphatic rings. The summed E-state index contributed by atoms with van der Waals surface area (Å²) in [6.45, 7) is 3.72. The van der Waals surface area contributed by atoms with Crippen molar-refractivity contribution in [2.45, 2.75) is 12.3 Å². The van der Waals surface area contributed by atoms with Crippen molar-refractivity contribution in [3.05, 3.63) is 48.0 Å². The highest BCUT2D eigenvalue weighted by Gasteiger charge is 2.29. The van der Waals surface area contributed by atoms with Gasteiger partial charge in [-0.3, -0.25) is 14.9 Å². The molecular formula is C12H11NO2. The van der Waals surface area contributed by atoms with Crippen LogP contribution in [-0.4, -0.2) is 11.8 Å². The lowest BCUT2D eigenvalue weighted by atomic mass is 9.86. The summed E-state index contributed by atoms with van der Waals surface area (Å²) in [4.78, 5) is 22.6. The molecule has 15 heavy (non-hydrogen) atoms. The highest BCUT2D eigenvalue weighted by atomic mass is 16.2. The molecule has 1 heterocycles. The van der Waals surface area contributed by atoms with Gasteiger partial charge < -0.3 is 0 Å². The first-order valence-electron chi connectivity index (χ1n) is 4.76. The second-order valence-electron chi connectivity index (χ2n) is 3.57. The number of nitrogens with one attached hydrogen (secondary N) is 1. The molecular weight excluding hydrogens is 190 g/mol. The summed E-state index contributed by atoms with van der Waals surface area (Å²) in [5.74, 6) is -0.770. The average molecular weight is 201 g/mol. The van der Waals surface area contributed by atoms with Gasteiger partial charge in [-0.2, -0.15) is 0 Å². The van der Waals surface area contributed by atoms with Gasteiger partial charge in [-0.1, -0.05) is 36.9 Å². The summed E-state index contributed by atoms with van der Waals surface area (Å²) in [5.41, 5.74) is 1.42. The Balaban J connectivity index is 2.32. The molecule has 0 spiro atoms. The van der Waals surface area contributed by atoms with Crippen molar-refractivity contribution < 1.29 is 9.59 Å². The third kappa shape index (κ3) is 1.81. The van der Waals surface area contributed by atoms with Crippen LogP contribution in [0.5, 0.6) is 0 Å². The third-order valence-corrected chi connectivity index (χ3v) is 2.56. The Bertz CT molecular complexity index is 423. The van der Waals surface area contributed by atoms with Crippen LogP contribution in [0.25, 0.3) is 0 Å². The van der Waals surface area contributed by atoms with Crippen molar-refractivity contribution in [3.63, 3.8) is 0 Å². The minimum Gasteiger partial charge on any atom is -0.293 e. The summed E-state index contributed by atoms with van der Waals surface area (Å²) in [7, 11) is 0. The van der Waals surface area contributed by atoms with Crippen LogP contribution < -0.4 is 5.32 Å². The number of piperidine rings is 1. The summed E-state index contributed by atoms with van der Waals surface area (Å²) in [5, 5.41) is 2.25. The number of carbonyl (C=O) groups is 2. The molecule has 0 aromatic heterocycles. The van der Waals surface area contributed by atoms with Gasteiger partial charge >= 0.3 is 0 Å². The Labute approximate surface area is 87.8 Å². The van der Waals surface area contributed by atoms with Crippen molar-refractivity contribution in [3.8, 4) is 0 Å². The molecule has 0 bridgehead atoms. The predicted molar refractivity (Wildman–Crippen MR) is 56.1 cm³/mol. The molecule has 1 saturated heterocycles. The van der Waals surface area contributed by atoms with Gasteiger partial charge in [0.25, 0.3) is 5.91 Å². The van der Waals surface area contributed by atoms with Crippen molar-refractivity contribution >= 4 is 11.8 Å². The Kier molecular flexibility index (Phi) is 2.37. The van der Waals surface area contributed by atoms with Gasteiger partial charge in [-0.15, -0.1) is 0 Å². The quantitative estimate of drug-likeness (QED) is 0.551. The fourth-order valence-electron chi connectivity index (χ4n) is 1.73. The SMILES string of the molecule is C=C1C(=O)NC(=O)CC1c1ccccc1. The van der Waals surface area contributed by atoms with Crippen molar-refractivity contribution in [2.24, 2.45) is 0 Å². The van der Waals surface area contributed by atoms with E-state index in [4.69, 9.17) is 0 Å². The number of imide groups is 1. The van der Waals surface area contributed by atoms with E-state index in [9.17, 15) is 9.59 Å². The molecule has 3 heteroatoms. The van der Waals surface area contributed by atoms with E-state index in [1.165, 1.54) is 0 Å². The number of amides is 2. The number of hydrogen-bond acceptors (Lipinski definition) is 2. The lowest BCUT2D eigenvalue weighted by molar-refractivity contribution is -0.130. The number of hydrogen-bond donors (Lipinski definition) is 1. The van der Waals surface area contributed by atoms with Crippen LogP contribution in [0, 0.1) is 0 Å². The van der Waals surface area contributed by atoms with E-state index in [1.54, 1.807) is 0 Å². The van der Waals surface area contributed by atoms with E-state index in [-0.39, 0.29) is 17.7 Å². The van der Waals surface area contributed by atoms with Gasteiger partial charge in [0, 0.05) is 17.9 Å². The molecule has 2 rings (SSSR count). The van der Waals surface area contributed by atoms with Crippen molar-refractivity contribution in [1.82, 2.24) is 5.32 Å². The summed E-state index contributed by atoms with van der Waals surface area (Å²) in [6, 6.07) is 9.49. The molecule has 0 saturated carbocycles. The van der Waals surface area contributed by atoms with Crippen LogP contribution in [-0.2, 0) is 9.59 Å². The molecule has 0 radical (unpaired) electrons. The number of carbonyl (C=O) groups excluding carboxylic acids is 2. The average Bonchev–Trinajstić information content (AvgIpc) is 2.24. The maximum atomic E-state index is 11.4. The molecule has 2 amide bonds. The highest BCUT2D eigenvalue weighted by Crippen LogP contribution is 2.29. The first-order valence-corrected chi connectivity index (χ1v) is 4.76. The van der Waals surface area contributed by atoms with Crippen LogP contribution in [0.4, 0.5) is 0 Å². The Hall–Kier alpha value is -1.90. The number of benzene rings is 1. The smallest absolute Gasteiger partial charge is 0.253 e.